The van der Waals surface area contributed by atoms with Gasteiger partial charge in [-0.3, -0.25) is 4.98 Å². The van der Waals surface area contributed by atoms with Crippen molar-refractivity contribution in [3.63, 3.8) is 0 Å². The van der Waals surface area contributed by atoms with Crippen LogP contribution in [0.15, 0.2) is 36.5 Å². The lowest BCUT2D eigenvalue weighted by molar-refractivity contribution is 0.0193. The molecule has 0 unspecified atom stereocenters. The molecule has 0 N–H and O–H groups in total. The Labute approximate surface area is 248 Å². The van der Waals surface area contributed by atoms with E-state index < -0.39 is 17.2 Å². The van der Waals surface area contributed by atoms with Gasteiger partial charge in [-0.05, 0) is 52.5 Å². The highest BCUT2D eigenvalue weighted by Crippen LogP contribution is 2.42. The Kier molecular flexibility index (Phi) is 7.07. The Morgan fingerprint density at radius 1 is 1.12 bits per heavy atom. The van der Waals surface area contributed by atoms with Crippen molar-refractivity contribution in [3.05, 3.63) is 53.2 Å². The molecule has 2 atom stereocenters. The maximum Gasteiger partial charge on any atom is 0.410 e. The quantitative estimate of drug-likeness (QED) is 0.251. The molecular formula is C31H33ClF2N6O2. The molecule has 4 aromatic rings. The van der Waals surface area contributed by atoms with Gasteiger partial charge in [0.25, 0.3) is 0 Å². The SMILES string of the molecule is CCN(CC)c1nc(N2C[C@@H]3[C@H]2CCN3C(=O)OC(C)(C)C)c2cnc(-c3cccc4ccc(F)c(Cl)c34)c(F)c2n1. The maximum atomic E-state index is 16.5. The van der Waals surface area contributed by atoms with Crippen molar-refractivity contribution in [2.45, 2.75) is 58.7 Å². The fourth-order valence-electron chi connectivity index (χ4n) is 6.00. The third kappa shape index (κ3) is 4.65. The van der Waals surface area contributed by atoms with E-state index in [0.717, 1.165) is 6.42 Å². The highest BCUT2D eigenvalue weighted by Gasteiger charge is 2.50. The number of aromatic nitrogens is 3. The number of fused-ring (bicyclic) bond motifs is 3. The predicted molar refractivity (Wildman–Crippen MR) is 161 cm³/mol. The molecule has 0 spiro atoms. The second-order valence-electron chi connectivity index (χ2n) is 11.7. The van der Waals surface area contributed by atoms with Crippen LogP contribution in [-0.4, -0.2) is 69.8 Å². The number of pyridine rings is 1. The van der Waals surface area contributed by atoms with Gasteiger partial charge in [-0.15, -0.1) is 0 Å². The standard InChI is InChI=1S/C31H33ClF2N6O2/c1-6-38(7-2)29-36-27-19(28(37-29)40-16-22-21(40)13-14-39(22)30(41)42-31(3,4)5)15-35-26(25(27)34)18-10-8-9-17-11-12-20(33)24(32)23(17)18/h8-12,15,21-22H,6-7,13-14,16H2,1-5H3/t21-,22-/m1/s1. The number of rotatable bonds is 5. The number of ether oxygens (including phenoxy) is 1. The normalized spacial score (nSPS) is 18.4. The number of amides is 1. The van der Waals surface area contributed by atoms with Crippen LogP contribution in [0.2, 0.25) is 5.02 Å². The zero-order valence-corrected chi connectivity index (χ0v) is 25.0. The molecule has 8 nitrogen and oxygen atoms in total. The zero-order valence-electron chi connectivity index (χ0n) is 24.3. The first-order valence-corrected chi connectivity index (χ1v) is 14.6. The fourth-order valence-corrected chi connectivity index (χ4v) is 6.28. The van der Waals surface area contributed by atoms with Crippen LogP contribution < -0.4 is 9.80 Å². The van der Waals surface area contributed by atoms with Gasteiger partial charge in [0.05, 0.1) is 22.5 Å². The fraction of sp³-hybridized carbons (Fsp3) is 0.419. The highest BCUT2D eigenvalue weighted by molar-refractivity contribution is 6.36. The van der Waals surface area contributed by atoms with Crippen LogP contribution in [-0.2, 0) is 4.74 Å². The summed E-state index contributed by atoms with van der Waals surface area (Å²) in [6, 6.07) is 8.14. The van der Waals surface area contributed by atoms with E-state index in [9.17, 15) is 9.18 Å². The molecule has 1 amide bonds. The smallest absolute Gasteiger partial charge is 0.410 e. The summed E-state index contributed by atoms with van der Waals surface area (Å²) in [6.07, 6.45) is 1.99. The van der Waals surface area contributed by atoms with Gasteiger partial charge in [-0.25, -0.2) is 18.6 Å². The summed E-state index contributed by atoms with van der Waals surface area (Å²) in [7, 11) is 0. The second kappa shape index (κ2) is 10.5. The minimum Gasteiger partial charge on any atom is -0.444 e. The summed E-state index contributed by atoms with van der Waals surface area (Å²) in [6.45, 7) is 11.9. The number of benzene rings is 2. The molecule has 2 fully saturated rings. The summed E-state index contributed by atoms with van der Waals surface area (Å²) in [5.41, 5.74) is -0.0361. The van der Waals surface area contributed by atoms with Gasteiger partial charge in [0.2, 0.25) is 5.95 Å². The van der Waals surface area contributed by atoms with Crippen LogP contribution in [0, 0.1) is 11.6 Å². The lowest BCUT2D eigenvalue weighted by Gasteiger charge is -2.47. The van der Waals surface area contributed by atoms with E-state index in [1.165, 1.54) is 6.07 Å². The molecule has 2 aromatic heterocycles. The molecule has 2 aromatic carbocycles. The molecule has 6 rings (SSSR count). The van der Waals surface area contributed by atoms with Crippen molar-refractivity contribution >= 4 is 51.1 Å². The van der Waals surface area contributed by atoms with E-state index in [-0.39, 0.29) is 34.4 Å². The molecule has 4 heterocycles. The number of halogens is 3. The van der Waals surface area contributed by atoms with Crippen LogP contribution in [0.4, 0.5) is 25.3 Å². The highest BCUT2D eigenvalue weighted by atomic mass is 35.5. The predicted octanol–water partition coefficient (Wildman–Crippen LogP) is 6.82. The minimum absolute atomic E-state index is 0.0164. The third-order valence-corrected chi connectivity index (χ3v) is 8.45. The van der Waals surface area contributed by atoms with Crippen molar-refractivity contribution in [2.24, 2.45) is 0 Å². The lowest BCUT2D eigenvalue weighted by atomic mass is 9.96. The molecule has 2 aliphatic heterocycles. The minimum atomic E-state index is -0.628. The summed E-state index contributed by atoms with van der Waals surface area (Å²) >= 11 is 6.37. The van der Waals surface area contributed by atoms with Crippen LogP contribution >= 0.6 is 11.6 Å². The molecule has 0 aliphatic carbocycles. The second-order valence-corrected chi connectivity index (χ2v) is 12.1. The number of likely N-dealkylation sites (tertiary alicyclic amines) is 1. The average Bonchev–Trinajstić information content (AvgIpc) is 3.27. The number of carbonyl (C=O) groups excluding carboxylic acids is 1. The van der Waals surface area contributed by atoms with Crippen LogP contribution in [0.25, 0.3) is 32.9 Å². The van der Waals surface area contributed by atoms with E-state index in [1.54, 1.807) is 35.4 Å². The summed E-state index contributed by atoms with van der Waals surface area (Å²) in [5.74, 6) is -0.230. The summed E-state index contributed by atoms with van der Waals surface area (Å²) < 4.78 is 36.6. The van der Waals surface area contributed by atoms with Crippen molar-refractivity contribution in [2.75, 3.05) is 36.0 Å². The molecule has 11 heteroatoms. The first kappa shape index (κ1) is 28.3. The van der Waals surface area contributed by atoms with Crippen molar-refractivity contribution in [1.29, 1.82) is 0 Å². The number of hydrogen-bond acceptors (Lipinski definition) is 7. The topological polar surface area (TPSA) is 74.7 Å². The van der Waals surface area contributed by atoms with Gasteiger partial charge >= 0.3 is 6.09 Å². The van der Waals surface area contributed by atoms with Gasteiger partial charge in [0.15, 0.2) is 5.82 Å². The van der Waals surface area contributed by atoms with E-state index in [2.05, 4.69) is 14.9 Å². The monoisotopic (exact) mass is 594 g/mol. The van der Waals surface area contributed by atoms with Crippen LogP contribution in [0.1, 0.15) is 41.0 Å². The largest absolute Gasteiger partial charge is 0.444 e. The van der Waals surface area contributed by atoms with Gasteiger partial charge in [-0.2, -0.15) is 4.98 Å². The average molecular weight is 595 g/mol. The first-order chi connectivity index (χ1) is 20.0. The first-order valence-electron chi connectivity index (χ1n) is 14.3. The summed E-state index contributed by atoms with van der Waals surface area (Å²) in [4.78, 5) is 32.8. The molecular weight excluding hydrogens is 562 g/mol. The van der Waals surface area contributed by atoms with Gasteiger partial charge in [0.1, 0.15) is 28.4 Å². The van der Waals surface area contributed by atoms with Crippen LogP contribution in [0.3, 0.4) is 0 Å². The number of hydrogen-bond donors (Lipinski definition) is 0. The Morgan fingerprint density at radius 3 is 2.60 bits per heavy atom. The van der Waals surface area contributed by atoms with E-state index in [1.807, 2.05) is 39.5 Å². The Morgan fingerprint density at radius 2 is 1.88 bits per heavy atom. The van der Waals surface area contributed by atoms with Crippen LogP contribution in [0.5, 0.6) is 0 Å². The van der Waals surface area contributed by atoms with Gasteiger partial charge in [-0.1, -0.05) is 35.9 Å². The Hall–Kier alpha value is -3.79. The van der Waals surface area contributed by atoms with Gasteiger partial charge in [0, 0.05) is 43.3 Å². The maximum absolute atomic E-state index is 16.5. The summed E-state index contributed by atoms with van der Waals surface area (Å²) in [5, 5.41) is 1.45. The van der Waals surface area contributed by atoms with E-state index in [4.69, 9.17) is 21.3 Å². The zero-order chi connectivity index (χ0) is 29.9. The van der Waals surface area contributed by atoms with Crippen molar-refractivity contribution in [3.8, 4) is 11.3 Å². The third-order valence-electron chi connectivity index (χ3n) is 8.08. The molecule has 2 saturated heterocycles. The lowest BCUT2D eigenvalue weighted by Crippen LogP contribution is -2.63. The van der Waals surface area contributed by atoms with E-state index >= 15 is 4.39 Å². The van der Waals surface area contributed by atoms with Gasteiger partial charge < -0.3 is 19.4 Å². The van der Waals surface area contributed by atoms with E-state index in [0.29, 0.717) is 59.7 Å². The molecule has 0 saturated carbocycles. The molecule has 220 valence electrons. The van der Waals surface area contributed by atoms with Crippen molar-refractivity contribution in [1.82, 2.24) is 19.9 Å². The number of anilines is 2. The molecule has 42 heavy (non-hydrogen) atoms. The Balaban J connectivity index is 1.45. The number of carbonyl (C=O) groups is 1. The van der Waals surface area contributed by atoms with Crippen molar-refractivity contribution < 1.29 is 18.3 Å². The molecule has 0 radical (unpaired) electrons. The molecule has 2 aliphatic rings. The molecule has 0 bridgehead atoms. The number of nitrogens with zero attached hydrogens (tertiary/aromatic N) is 6. The Bertz CT molecular complexity index is 1710.